The number of rotatable bonds is 9. The van der Waals surface area contributed by atoms with Gasteiger partial charge in [0, 0.05) is 57.1 Å². The molecule has 2 heterocycles. The lowest BCUT2D eigenvalue weighted by atomic mass is 9.96. The van der Waals surface area contributed by atoms with Crippen molar-refractivity contribution < 1.29 is 4.79 Å². The van der Waals surface area contributed by atoms with Gasteiger partial charge >= 0.3 is 0 Å². The van der Waals surface area contributed by atoms with Crippen molar-refractivity contribution in [1.82, 2.24) is 20.0 Å². The zero-order valence-electron chi connectivity index (χ0n) is 25.0. The van der Waals surface area contributed by atoms with Crippen molar-refractivity contribution >= 4 is 23.2 Å². The van der Waals surface area contributed by atoms with E-state index in [4.69, 9.17) is 4.99 Å². The van der Waals surface area contributed by atoms with E-state index in [2.05, 4.69) is 95.3 Å². The van der Waals surface area contributed by atoms with Crippen LogP contribution in [0.5, 0.6) is 0 Å². The van der Waals surface area contributed by atoms with Gasteiger partial charge in [-0.3, -0.25) is 9.69 Å². The number of hydrogen-bond donors (Lipinski definition) is 1. The molecule has 7 nitrogen and oxygen atoms in total. The molecule has 5 rings (SSSR count). The summed E-state index contributed by atoms with van der Waals surface area (Å²) in [6.07, 6.45) is 0.345. The van der Waals surface area contributed by atoms with Crippen molar-refractivity contribution in [2.24, 2.45) is 4.99 Å². The fourth-order valence-electron chi connectivity index (χ4n) is 5.61. The number of carbonyl (C=O) groups is 1. The first kappa shape index (κ1) is 28.8. The van der Waals surface area contributed by atoms with Gasteiger partial charge in [-0.25, -0.2) is 4.99 Å². The largest absolute Gasteiger partial charge is 0.352 e. The van der Waals surface area contributed by atoms with Gasteiger partial charge in [0.05, 0.1) is 18.2 Å². The van der Waals surface area contributed by atoms with Gasteiger partial charge in [-0.15, -0.1) is 0 Å². The first-order valence-electron chi connectivity index (χ1n) is 14.9. The monoisotopic (exact) mass is 552 g/mol. The Labute approximate surface area is 245 Å². The maximum atomic E-state index is 13.5. The smallest absolute Gasteiger partial charge is 0.222 e. The van der Waals surface area contributed by atoms with Crippen molar-refractivity contribution in [3.8, 4) is 0 Å². The summed E-state index contributed by atoms with van der Waals surface area (Å²) in [4.78, 5) is 28.2. The van der Waals surface area contributed by atoms with Gasteiger partial charge in [-0.2, -0.15) is 0 Å². The first-order chi connectivity index (χ1) is 19.9. The molecule has 0 aliphatic carbocycles. The summed E-state index contributed by atoms with van der Waals surface area (Å²) in [5, 5.41) is 3.17. The van der Waals surface area contributed by atoms with E-state index in [-0.39, 0.29) is 11.9 Å². The molecule has 41 heavy (non-hydrogen) atoms. The molecule has 0 spiro atoms. The zero-order valence-corrected chi connectivity index (χ0v) is 25.0. The van der Waals surface area contributed by atoms with Gasteiger partial charge in [0.25, 0.3) is 0 Å². The molecule has 216 valence electrons. The molecule has 1 N–H and O–H groups in total. The molecule has 1 unspecified atom stereocenters. The Morgan fingerprint density at radius 2 is 1.61 bits per heavy atom. The van der Waals surface area contributed by atoms with Crippen molar-refractivity contribution in [1.29, 1.82) is 0 Å². The fourth-order valence-corrected chi connectivity index (χ4v) is 5.61. The molecule has 0 saturated carbocycles. The third-order valence-electron chi connectivity index (χ3n) is 8.11. The zero-order chi connectivity index (χ0) is 28.8. The molecule has 1 atom stereocenters. The van der Waals surface area contributed by atoms with E-state index in [9.17, 15) is 4.79 Å². The normalized spacial score (nSPS) is 17.5. The maximum absolute atomic E-state index is 13.5. The maximum Gasteiger partial charge on any atom is 0.222 e. The number of aliphatic imine (C=N–C) groups is 1. The van der Waals surface area contributed by atoms with Crippen LogP contribution in [0.3, 0.4) is 0 Å². The first-order valence-corrected chi connectivity index (χ1v) is 14.9. The van der Waals surface area contributed by atoms with Gasteiger partial charge in [0.15, 0.2) is 0 Å². The number of amides is 1. The Bertz CT molecular complexity index is 1310. The molecular weight excluding hydrogens is 508 g/mol. The number of hydrogen-bond acceptors (Lipinski definition) is 6. The van der Waals surface area contributed by atoms with E-state index in [1.807, 2.05) is 36.4 Å². The Kier molecular flexibility index (Phi) is 9.37. The molecule has 0 radical (unpaired) electrons. The summed E-state index contributed by atoms with van der Waals surface area (Å²) in [5.41, 5.74) is 5.51. The highest BCUT2D eigenvalue weighted by molar-refractivity contribution is 6.01. The van der Waals surface area contributed by atoms with E-state index in [0.29, 0.717) is 18.9 Å². The minimum Gasteiger partial charge on any atom is -0.352 e. The Morgan fingerprint density at radius 1 is 0.927 bits per heavy atom. The van der Waals surface area contributed by atoms with E-state index < -0.39 is 0 Å². The molecule has 0 bridgehead atoms. The van der Waals surface area contributed by atoms with Crippen molar-refractivity contribution in [2.45, 2.75) is 38.8 Å². The molecule has 0 aromatic heterocycles. The molecule has 7 heteroatoms. The number of carbonyl (C=O) groups excluding carboxylic acids is 1. The minimum atomic E-state index is -0.161. The third-order valence-corrected chi connectivity index (χ3v) is 8.11. The summed E-state index contributed by atoms with van der Waals surface area (Å²) in [6.45, 7) is 10.9. The average molecular weight is 553 g/mol. The quantitative estimate of drug-likeness (QED) is 0.393. The summed E-state index contributed by atoms with van der Waals surface area (Å²) in [7, 11) is 4.26. The minimum absolute atomic E-state index is 0.0345. The highest BCUT2D eigenvalue weighted by atomic mass is 16.1. The highest BCUT2D eigenvalue weighted by Crippen LogP contribution is 2.40. The van der Waals surface area contributed by atoms with Crippen LogP contribution in [0.1, 0.15) is 48.9 Å². The number of piperazine rings is 1. The van der Waals surface area contributed by atoms with Crippen LogP contribution in [-0.2, 0) is 11.3 Å². The number of benzene rings is 3. The van der Waals surface area contributed by atoms with Crippen LogP contribution in [0.2, 0.25) is 0 Å². The Morgan fingerprint density at radius 3 is 2.29 bits per heavy atom. The number of nitrogens with zero attached hydrogens (tertiary/aromatic N) is 5. The number of anilines is 1. The SMILES string of the molecule is CC(C)c1ccc(N2C(N3CCN(CCN(C)C)CC3)=Nc3ccccc3C2CC(=O)NCc2ccccc2)cc1. The molecular formula is C34H44N6O. The summed E-state index contributed by atoms with van der Waals surface area (Å²) < 4.78 is 0. The van der Waals surface area contributed by atoms with Crippen LogP contribution in [0.4, 0.5) is 11.4 Å². The lowest BCUT2D eigenvalue weighted by molar-refractivity contribution is -0.121. The van der Waals surface area contributed by atoms with Gasteiger partial charge < -0.3 is 20.0 Å². The van der Waals surface area contributed by atoms with Gasteiger partial charge in [-0.1, -0.05) is 74.5 Å². The number of fused-ring (bicyclic) bond motifs is 1. The van der Waals surface area contributed by atoms with Gasteiger partial charge in [0.1, 0.15) is 0 Å². The molecule has 2 aliphatic heterocycles. The molecule has 3 aromatic carbocycles. The standard InChI is InChI=1S/C34H44N6O/c1-26(2)28-14-16-29(17-15-28)40-32(24-33(41)35-25-27-10-6-5-7-11-27)30-12-8-9-13-31(30)36-34(40)39-22-20-38(21-23-39)19-18-37(3)4/h5-17,26,32H,18-25H2,1-4H3,(H,35,41). The molecule has 1 amide bonds. The fraction of sp³-hybridized carbons (Fsp3) is 0.412. The van der Waals surface area contributed by atoms with Gasteiger partial charge in [-0.05, 0) is 49.3 Å². The van der Waals surface area contributed by atoms with Crippen LogP contribution < -0.4 is 10.2 Å². The lowest BCUT2D eigenvalue weighted by Gasteiger charge is -2.45. The number of para-hydroxylation sites is 1. The predicted molar refractivity (Wildman–Crippen MR) is 169 cm³/mol. The Hall–Kier alpha value is -3.68. The number of guanidine groups is 1. The summed E-state index contributed by atoms with van der Waals surface area (Å²) in [5.74, 6) is 1.43. The topological polar surface area (TPSA) is 54.4 Å². The van der Waals surface area contributed by atoms with E-state index in [1.165, 1.54) is 5.56 Å². The van der Waals surface area contributed by atoms with Crippen LogP contribution in [0.15, 0.2) is 83.9 Å². The number of nitrogens with one attached hydrogen (secondary N) is 1. The summed E-state index contributed by atoms with van der Waals surface area (Å²) in [6, 6.07) is 27.0. The number of likely N-dealkylation sites (N-methyl/N-ethyl adjacent to an activating group) is 1. The average Bonchev–Trinajstić information content (AvgIpc) is 2.99. The lowest BCUT2D eigenvalue weighted by Crippen LogP contribution is -2.56. The van der Waals surface area contributed by atoms with Gasteiger partial charge in [0.2, 0.25) is 11.9 Å². The Balaban J connectivity index is 1.44. The molecule has 1 fully saturated rings. The van der Waals surface area contributed by atoms with Crippen molar-refractivity contribution in [3.05, 3.63) is 95.6 Å². The second-order valence-corrected chi connectivity index (χ2v) is 11.7. The van der Waals surface area contributed by atoms with Crippen molar-refractivity contribution in [2.75, 3.05) is 58.3 Å². The molecule has 2 aliphatic rings. The predicted octanol–water partition coefficient (Wildman–Crippen LogP) is 5.24. The molecule has 1 saturated heterocycles. The van der Waals surface area contributed by atoms with Crippen LogP contribution in [0.25, 0.3) is 0 Å². The molecule has 3 aromatic rings. The summed E-state index contributed by atoms with van der Waals surface area (Å²) >= 11 is 0. The van der Waals surface area contributed by atoms with E-state index >= 15 is 0 Å². The van der Waals surface area contributed by atoms with E-state index in [1.54, 1.807) is 0 Å². The van der Waals surface area contributed by atoms with Crippen LogP contribution in [-0.4, -0.2) is 79.9 Å². The second kappa shape index (κ2) is 13.3. The van der Waals surface area contributed by atoms with Crippen LogP contribution >= 0.6 is 0 Å². The van der Waals surface area contributed by atoms with E-state index in [0.717, 1.165) is 67.7 Å². The van der Waals surface area contributed by atoms with Crippen LogP contribution in [0, 0.1) is 0 Å². The second-order valence-electron chi connectivity index (χ2n) is 11.7. The third kappa shape index (κ3) is 7.16. The van der Waals surface area contributed by atoms with Crippen molar-refractivity contribution in [3.63, 3.8) is 0 Å². The highest BCUT2D eigenvalue weighted by Gasteiger charge is 2.36.